The number of esters is 1. The Morgan fingerprint density at radius 1 is 1.05 bits per heavy atom. The first-order valence-corrected chi connectivity index (χ1v) is 12.1. The van der Waals surface area contributed by atoms with Crippen LogP contribution in [0.4, 0.5) is 13.2 Å². The molecule has 0 spiro atoms. The first-order chi connectivity index (χ1) is 18.1. The van der Waals surface area contributed by atoms with Crippen molar-refractivity contribution in [1.82, 2.24) is 9.13 Å². The zero-order chi connectivity index (χ0) is 27.6. The summed E-state index contributed by atoms with van der Waals surface area (Å²) in [5, 5.41) is 9.67. The van der Waals surface area contributed by atoms with Crippen LogP contribution in [-0.4, -0.2) is 29.3 Å². The molecule has 1 heterocycles. The van der Waals surface area contributed by atoms with Gasteiger partial charge < -0.3 is 9.47 Å². The van der Waals surface area contributed by atoms with Crippen LogP contribution in [0.25, 0.3) is 10.9 Å². The van der Waals surface area contributed by atoms with Gasteiger partial charge in [0.15, 0.2) is 0 Å². The third-order valence-electron chi connectivity index (χ3n) is 7.15. The summed E-state index contributed by atoms with van der Waals surface area (Å²) in [6, 6.07) is 9.64. The number of hydrogen-bond donors (Lipinski definition) is 0. The monoisotopic (exact) mass is 529 g/mol. The average molecular weight is 530 g/mol. The van der Waals surface area contributed by atoms with Crippen LogP contribution in [0.2, 0.25) is 0 Å². The number of methoxy groups -OCH3 is 2. The van der Waals surface area contributed by atoms with Gasteiger partial charge in [-0.3, -0.25) is 18.7 Å². The lowest BCUT2D eigenvalue weighted by Crippen LogP contribution is -2.42. The molecular formula is C27H26F3N3O5. The van der Waals surface area contributed by atoms with Crippen LogP contribution < -0.4 is 16.0 Å². The molecule has 1 saturated carbocycles. The van der Waals surface area contributed by atoms with Gasteiger partial charge in [-0.1, -0.05) is 18.2 Å². The van der Waals surface area contributed by atoms with Crippen molar-refractivity contribution in [1.29, 1.82) is 5.26 Å². The molecule has 4 rings (SSSR count). The van der Waals surface area contributed by atoms with E-state index in [4.69, 9.17) is 9.47 Å². The molecule has 1 aliphatic rings. The van der Waals surface area contributed by atoms with Crippen LogP contribution >= 0.6 is 0 Å². The maximum absolute atomic E-state index is 13.7. The number of carbonyl (C=O) groups is 1. The molecule has 1 aliphatic carbocycles. The molecule has 0 N–H and O–H groups in total. The Labute approximate surface area is 215 Å². The summed E-state index contributed by atoms with van der Waals surface area (Å²) < 4.78 is 53.1. The summed E-state index contributed by atoms with van der Waals surface area (Å²) >= 11 is 0. The lowest BCUT2D eigenvalue weighted by molar-refractivity contribution is -0.146. The predicted octanol–water partition coefficient (Wildman–Crippen LogP) is 4.09. The van der Waals surface area contributed by atoms with Crippen LogP contribution in [0.3, 0.4) is 0 Å². The zero-order valence-corrected chi connectivity index (χ0v) is 20.9. The van der Waals surface area contributed by atoms with Crippen molar-refractivity contribution in [3.8, 4) is 11.8 Å². The first kappa shape index (κ1) is 27.0. The number of ether oxygens (including phenoxy) is 2. The van der Waals surface area contributed by atoms with Gasteiger partial charge >= 0.3 is 17.8 Å². The number of benzene rings is 2. The average Bonchev–Trinajstić information content (AvgIpc) is 2.92. The number of nitrogens with zero attached hydrogens (tertiary/aromatic N) is 3. The van der Waals surface area contributed by atoms with E-state index in [1.807, 2.05) is 0 Å². The van der Waals surface area contributed by atoms with E-state index in [9.17, 15) is 32.8 Å². The highest BCUT2D eigenvalue weighted by molar-refractivity contribution is 5.84. The van der Waals surface area contributed by atoms with Gasteiger partial charge in [-0.2, -0.15) is 18.4 Å². The van der Waals surface area contributed by atoms with Gasteiger partial charge in [0, 0.05) is 6.54 Å². The van der Waals surface area contributed by atoms with Gasteiger partial charge in [0.2, 0.25) is 0 Å². The normalized spacial score (nSPS) is 17.7. The molecule has 0 unspecified atom stereocenters. The molecule has 0 aliphatic heterocycles. The summed E-state index contributed by atoms with van der Waals surface area (Å²) in [5.74, 6) is -0.362. The number of halogens is 3. The Balaban J connectivity index is 1.83. The zero-order valence-electron chi connectivity index (χ0n) is 20.9. The fraction of sp³-hybridized carbons (Fsp3) is 0.407. The van der Waals surface area contributed by atoms with Crippen molar-refractivity contribution in [2.45, 2.75) is 44.9 Å². The van der Waals surface area contributed by atoms with Crippen molar-refractivity contribution >= 4 is 16.9 Å². The maximum atomic E-state index is 13.7. The van der Waals surface area contributed by atoms with E-state index >= 15 is 0 Å². The Bertz CT molecular complexity index is 1530. The van der Waals surface area contributed by atoms with E-state index in [0.29, 0.717) is 25.7 Å². The van der Waals surface area contributed by atoms with Crippen LogP contribution in [0.15, 0.2) is 46.0 Å². The summed E-state index contributed by atoms with van der Waals surface area (Å²) in [6.45, 7) is -0.280. The number of rotatable bonds is 6. The number of carbonyl (C=O) groups excluding carboxylic acids is 1. The van der Waals surface area contributed by atoms with E-state index in [1.165, 1.54) is 37.0 Å². The van der Waals surface area contributed by atoms with Crippen LogP contribution in [0.5, 0.6) is 5.75 Å². The molecule has 2 aromatic carbocycles. The summed E-state index contributed by atoms with van der Waals surface area (Å²) in [7, 11) is 2.71. The standard InChI is InChI=1S/C27H26F3N3O5/c1-37-22-8-4-7-21-23(22)24(34)33(14-16-9-11-17(12-10-16)25(35)38-2)26(36)32(21)15-18-5-3-6-20(19(18)13-31)27(28,29)30/h3-8,16-17H,9-12,14-15H2,1-2H3. The molecule has 38 heavy (non-hydrogen) atoms. The van der Waals surface area contributed by atoms with E-state index in [-0.39, 0.29) is 53.1 Å². The molecule has 200 valence electrons. The first-order valence-electron chi connectivity index (χ1n) is 12.1. The van der Waals surface area contributed by atoms with E-state index in [2.05, 4.69) is 0 Å². The van der Waals surface area contributed by atoms with Crippen LogP contribution in [0, 0.1) is 23.2 Å². The third kappa shape index (κ3) is 5.03. The second-order valence-electron chi connectivity index (χ2n) is 9.33. The molecule has 0 saturated heterocycles. The molecule has 0 amide bonds. The topological polar surface area (TPSA) is 103 Å². The number of alkyl halides is 3. The summed E-state index contributed by atoms with van der Waals surface area (Å²) in [6.07, 6.45) is -2.43. The largest absolute Gasteiger partial charge is 0.496 e. The van der Waals surface area contributed by atoms with E-state index < -0.39 is 28.6 Å². The lowest BCUT2D eigenvalue weighted by atomic mass is 9.82. The molecule has 0 atom stereocenters. The highest BCUT2D eigenvalue weighted by Crippen LogP contribution is 2.34. The van der Waals surface area contributed by atoms with Gasteiger partial charge in [0.05, 0.1) is 43.3 Å². The smallest absolute Gasteiger partial charge is 0.417 e. The molecule has 11 heteroatoms. The Morgan fingerprint density at radius 2 is 1.74 bits per heavy atom. The lowest BCUT2D eigenvalue weighted by Gasteiger charge is -2.27. The Hall–Kier alpha value is -4.07. The molecule has 0 radical (unpaired) electrons. The number of fused-ring (bicyclic) bond motifs is 1. The number of nitriles is 1. The van der Waals surface area contributed by atoms with Crippen molar-refractivity contribution < 1.29 is 27.4 Å². The minimum Gasteiger partial charge on any atom is -0.496 e. The SMILES string of the molecule is COC(=O)C1CCC(Cn2c(=O)c3c(OC)cccc3n(Cc3cccc(C(F)(F)F)c3C#N)c2=O)CC1. The highest BCUT2D eigenvalue weighted by Gasteiger charge is 2.34. The fourth-order valence-electron chi connectivity index (χ4n) is 5.19. The molecule has 3 aromatic rings. The molecule has 1 aromatic heterocycles. The van der Waals surface area contributed by atoms with Crippen molar-refractivity contribution in [3.05, 3.63) is 73.9 Å². The second-order valence-corrected chi connectivity index (χ2v) is 9.33. The predicted molar refractivity (Wildman–Crippen MR) is 132 cm³/mol. The quantitative estimate of drug-likeness (QED) is 0.446. The molecule has 1 fully saturated rings. The van der Waals surface area contributed by atoms with Crippen LogP contribution in [0.1, 0.15) is 42.4 Å². The van der Waals surface area contributed by atoms with Crippen molar-refractivity contribution in [2.75, 3.05) is 14.2 Å². The van der Waals surface area contributed by atoms with E-state index in [1.54, 1.807) is 18.2 Å². The highest BCUT2D eigenvalue weighted by atomic mass is 19.4. The maximum Gasteiger partial charge on any atom is 0.417 e. The fourth-order valence-corrected chi connectivity index (χ4v) is 5.19. The Kier molecular flexibility index (Phi) is 7.62. The minimum absolute atomic E-state index is 0.00247. The minimum atomic E-state index is -4.75. The van der Waals surface area contributed by atoms with Gasteiger partial charge in [-0.25, -0.2) is 4.79 Å². The number of hydrogen-bond acceptors (Lipinski definition) is 6. The van der Waals surface area contributed by atoms with Gasteiger partial charge in [0.1, 0.15) is 17.2 Å². The van der Waals surface area contributed by atoms with Crippen LogP contribution in [-0.2, 0) is 28.8 Å². The third-order valence-corrected chi connectivity index (χ3v) is 7.15. The van der Waals surface area contributed by atoms with Crippen molar-refractivity contribution in [2.24, 2.45) is 11.8 Å². The number of aromatic nitrogens is 2. The second kappa shape index (κ2) is 10.7. The van der Waals surface area contributed by atoms with Gasteiger partial charge in [-0.15, -0.1) is 0 Å². The van der Waals surface area contributed by atoms with Gasteiger partial charge in [-0.05, 0) is 55.4 Å². The van der Waals surface area contributed by atoms with Crippen molar-refractivity contribution in [3.63, 3.8) is 0 Å². The van der Waals surface area contributed by atoms with Gasteiger partial charge in [0.25, 0.3) is 5.56 Å². The summed E-state index contributed by atoms with van der Waals surface area (Å²) in [4.78, 5) is 39.1. The molecule has 0 bridgehead atoms. The van der Waals surface area contributed by atoms with E-state index in [0.717, 1.165) is 10.6 Å². The summed E-state index contributed by atoms with van der Waals surface area (Å²) in [5.41, 5.74) is -2.76. The molecule has 8 nitrogen and oxygen atoms in total. The molecular weight excluding hydrogens is 503 g/mol. The Morgan fingerprint density at radius 3 is 2.34 bits per heavy atom.